The average molecular weight is 358 g/mol. The standard InChI is InChI=1S/C16H14N4O2S2/c21-13(8-9-17-15(22)12-7-4-10-23-12)18-16-19-14(20-24-16)11-5-2-1-3-6-11/h1-7,10H,8-9H2,(H,17,22)(H,18,19,20,21). The number of hydrogen-bond acceptors (Lipinski definition) is 6. The van der Waals surface area contributed by atoms with Gasteiger partial charge in [0, 0.05) is 30.1 Å². The molecule has 8 heteroatoms. The Morgan fingerprint density at radius 2 is 1.92 bits per heavy atom. The van der Waals surface area contributed by atoms with Crippen molar-refractivity contribution in [1.29, 1.82) is 0 Å². The van der Waals surface area contributed by atoms with E-state index in [0.29, 0.717) is 15.8 Å². The predicted octanol–water partition coefficient (Wildman–Crippen LogP) is 3.03. The van der Waals surface area contributed by atoms with Gasteiger partial charge in [0.15, 0.2) is 5.82 Å². The Kier molecular flexibility index (Phi) is 5.29. The Hall–Kier alpha value is -2.58. The van der Waals surface area contributed by atoms with Crippen molar-refractivity contribution in [3.8, 4) is 11.4 Å². The van der Waals surface area contributed by atoms with E-state index in [0.717, 1.165) is 17.1 Å². The molecule has 0 radical (unpaired) electrons. The number of rotatable bonds is 6. The summed E-state index contributed by atoms with van der Waals surface area (Å²) in [5.41, 5.74) is 0.900. The van der Waals surface area contributed by atoms with Gasteiger partial charge in [-0.3, -0.25) is 9.59 Å². The summed E-state index contributed by atoms with van der Waals surface area (Å²) in [5.74, 6) is 0.208. The van der Waals surface area contributed by atoms with Gasteiger partial charge in [0.1, 0.15) is 0 Å². The molecule has 3 aromatic rings. The molecule has 122 valence electrons. The average Bonchev–Trinajstić information content (AvgIpc) is 3.27. The molecule has 0 saturated carbocycles. The van der Waals surface area contributed by atoms with Gasteiger partial charge in [-0.2, -0.15) is 9.36 Å². The summed E-state index contributed by atoms with van der Waals surface area (Å²) >= 11 is 2.50. The molecular formula is C16H14N4O2S2. The minimum absolute atomic E-state index is 0.167. The first kappa shape index (κ1) is 16.3. The van der Waals surface area contributed by atoms with Gasteiger partial charge in [-0.15, -0.1) is 11.3 Å². The fourth-order valence-corrected chi connectivity index (χ4v) is 3.19. The van der Waals surface area contributed by atoms with E-state index in [2.05, 4.69) is 20.0 Å². The first-order valence-corrected chi connectivity index (χ1v) is 8.88. The number of carbonyl (C=O) groups is 2. The summed E-state index contributed by atoms with van der Waals surface area (Å²) in [6.07, 6.45) is 0.178. The number of benzene rings is 1. The number of nitrogens with one attached hydrogen (secondary N) is 2. The van der Waals surface area contributed by atoms with Crippen LogP contribution in [0.25, 0.3) is 11.4 Å². The van der Waals surface area contributed by atoms with Crippen LogP contribution in [0.5, 0.6) is 0 Å². The highest BCUT2D eigenvalue weighted by Gasteiger charge is 2.10. The predicted molar refractivity (Wildman–Crippen MR) is 95.2 cm³/mol. The van der Waals surface area contributed by atoms with Crippen molar-refractivity contribution in [2.75, 3.05) is 11.9 Å². The Labute approximate surface area is 146 Å². The van der Waals surface area contributed by atoms with Crippen LogP contribution in [-0.4, -0.2) is 27.7 Å². The lowest BCUT2D eigenvalue weighted by Crippen LogP contribution is -2.27. The molecule has 2 heterocycles. The van der Waals surface area contributed by atoms with E-state index in [9.17, 15) is 9.59 Å². The molecule has 0 atom stereocenters. The number of thiophene rings is 1. The molecule has 1 aromatic carbocycles. The zero-order valence-corrected chi connectivity index (χ0v) is 14.2. The smallest absolute Gasteiger partial charge is 0.261 e. The summed E-state index contributed by atoms with van der Waals surface area (Å²) in [4.78, 5) is 28.6. The number of aromatic nitrogens is 2. The van der Waals surface area contributed by atoms with Crippen molar-refractivity contribution in [2.45, 2.75) is 6.42 Å². The van der Waals surface area contributed by atoms with Crippen LogP contribution in [0.15, 0.2) is 47.8 Å². The Morgan fingerprint density at radius 3 is 2.67 bits per heavy atom. The molecule has 0 aliphatic carbocycles. The molecule has 0 fully saturated rings. The SMILES string of the molecule is O=C(CCNC(=O)c1cccs1)Nc1nc(-c2ccccc2)ns1. The van der Waals surface area contributed by atoms with E-state index in [1.165, 1.54) is 11.3 Å². The van der Waals surface area contributed by atoms with E-state index in [1.54, 1.807) is 6.07 Å². The van der Waals surface area contributed by atoms with Crippen LogP contribution in [-0.2, 0) is 4.79 Å². The van der Waals surface area contributed by atoms with Gasteiger partial charge in [-0.25, -0.2) is 0 Å². The first-order valence-electron chi connectivity index (χ1n) is 7.23. The van der Waals surface area contributed by atoms with Gasteiger partial charge >= 0.3 is 0 Å². The highest BCUT2D eigenvalue weighted by Crippen LogP contribution is 2.20. The second-order valence-electron chi connectivity index (χ2n) is 4.82. The van der Waals surface area contributed by atoms with Gasteiger partial charge in [-0.1, -0.05) is 36.4 Å². The van der Waals surface area contributed by atoms with E-state index in [-0.39, 0.29) is 24.8 Å². The largest absolute Gasteiger partial charge is 0.351 e. The molecule has 0 aliphatic rings. The molecule has 0 spiro atoms. The maximum atomic E-state index is 11.9. The van der Waals surface area contributed by atoms with Gasteiger partial charge in [0.2, 0.25) is 11.0 Å². The maximum absolute atomic E-state index is 11.9. The molecule has 6 nitrogen and oxygen atoms in total. The molecule has 3 rings (SSSR count). The number of carbonyl (C=O) groups excluding carboxylic acids is 2. The lowest BCUT2D eigenvalue weighted by Gasteiger charge is -2.03. The molecule has 2 aromatic heterocycles. The summed E-state index contributed by atoms with van der Waals surface area (Å²) < 4.78 is 4.23. The van der Waals surface area contributed by atoms with Gasteiger partial charge < -0.3 is 10.6 Å². The molecule has 0 saturated heterocycles. The van der Waals surface area contributed by atoms with Crippen molar-refractivity contribution >= 4 is 39.8 Å². The van der Waals surface area contributed by atoms with Gasteiger partial charge in [0.25, 0.3) is 5.91 Å². The number of amides is 2. The lowest BCUT2D eigenvalue weighted by molar-refractivity contribution is -0.116. The zero-order valence-electron chi connectivity index (χ0n) is 12.6. The Morgan fingerprint density at radius 1 is 1.08 bits per heavy atom. The summed E-state index contributed by atoms with van der Waals surface area (Å²) in [6.45, 7) is 0.271. The van der Waals surface area contributed by atoms with Gasteiger partial charge in [-0.05, 0) is 11.4 Å². The van der Waals surface area contributed by atoms with E-state index >= 15 is 0 Å². The summed E-state index contributed by atoms with van der Waals surface area (Å²) in [6, 6.07) is 13.1. The minimum Gasteiger partial charge on any atom is -0.351 e. The van der Waals surface area contributed by atoms with E-state index < -0.39 is 0 Å². The van der Waals surface area contributed by atoms with Crippen LogP contribution in [0.3, 0.4) is 0 Å². The van der Waals surface area contributed by atoms with Crippen LogP contribution >= 0.6 is 22.9 Å². The highest BCUT2D eigenvalue weighted by atomic mass is 32.1. The van der Waals surface area contributed by atoms with Gasteiger partial charge in [0.05, 0.1) is 4.88 Å². The third-order valence-electron chi connectivity index (χ3n) is 3.09. The van der Waals surface area contributed by atoms with Crippen molar-refractivity contribution in [1.82, 2.24) is 14.7 Å². The minimum atomic E-state index is -0.211. The van der Waals surface area contributed by atoms with Crippen molar-refractivity contribution in [2.24, 2.45) is 0 Å². The zero-order chi connectivity index (χ0) is 16.8. The molecule has 0 bridgehead atoms. The summed E-state index contributed by atoms with van der Waals surface area (Å²) in [7, 11) is 0. The second kappa shape index (κ2) is 7.80. The molecular weight excluding hydrogens is 344 g/mol. The van der Waals surface area contributed by atoms with Crippen molar-refractivity contribution < 1.29 is 9.59 Å². The summed E-state index contributed by atoms with van der Waals surface area (Å²) in [5, 5.41) is 7.69. The van der Waals surface area contributed by atoms with Crippen LogP contribution in [0.2, 0.25) is 0 Å². The van der Waals surface area contributed by atoms with Crippen molar-refractivity contribution in [3.05, 3.63) is 52.7 Å². The Bertz CT molecular complexity index is 816. The fraction of sp³-hybridized carbons (Fsp3) is 0.125. The third-order valence-corrected chi connectivity index (χ3v) is 4.59. The quantitative estimate of drug-likeness (QED) is 0.709. The van der Waals surface area contributed by atoms with Crippen LogP contribution in [0.1, 0.15) is 16.1 Å². The molecule has 2 N–H and O–H groups in total. The van der Waals surface area contributed by atoms with E-state index in [4.69, 9.17) is 0 Å². The first-order chi connectivity index (χ1) is 11.7. The van der Waals surface area contributed by atoms with Crippen LogP contribution in [0, 0.1) is 0 Å². The van der Waals surface area contributed by atoms with E-state index in [1.807, 2.05) is 41.8 Å². The second-order valence-corrected chi connectivity index (χ2v) is 6.52. The topological polar surface area (TPSA) is 84.0 Å². The number of anilines is 1. The molecule has 0 unspecified atom stereocenters. The molecule has 24 heavy (non-hydrogen) atoms. The molecule has 2 amide bonds. The fourth-order valence-electron chi connectivity index (χ4n) is 1.94. The van der Waals surface area contributed by atoms with Crippen LogP contribution in [0.4, 0.5) is 5.13 Å². The monoisotopic (exact) mass is 358 g/mol. The van der Waals surface area contributed by atoms with Crippen LogP contribution < -0.4 is 10.6 Å². The van der Waals surface area contributed by atoms with Crippen molar-refractivity contribution in [3.63, 3.8) is 0 Å². The Balaban J connectivity index is 1.47. The lowest BCUT2D eigenvalue weighted by atomic mass is 10.2. The molecule has 0 aliphatic heterocycles. The third kappa shape index (κ3) is 4.24. The number of hydrogen-bond donors (Lipinski definition) is 2. The number of nitrogens with zero attached hydrogens (tertiary/aromatic N) is 2. The normalized spacial score (nSPS) is 10.3. The maximum Gasteiger partial charge on any atom is 0.261 e. The highest BCUT2D eigenvalue weighted by molar-refractivity contribution is 7.12.